The van der Waals surface area contributed by atoms with Gasteiger partial charge in [-0.05, 0) is 45.2 Å². The van der Waals surface area contributed by atoms with Crippen molar-refractivity contribution in [1.29, 1.82) is 0 Å². The van der Waals surface area contributed by atoms with E-state index >= 15 is 0 Å². The van der Waals surface area contributed by atoms with Crippen molar-refractivity contribution >= 4 is 10.0 Å². The Kier molecular flexibility index (Phi) is 3.87. The summed E-state index contributed by atoms with van der Waals surface area (Å²) in [5.41, 5.74) is 0. The number of nitrogens with one attached hydrogen (secondary N) is 1. The molecule has 1 N–H and O–H groups in total. The molecule has 1 saturated carbocycles. The maximum absolute atomic E-state index is 11.9. The minimum absolute atomic E-state index is 0.232. The van der Waals surface area contributed by atoms with Crippen molar-refractivity contribution in [3.05, 3.63) is 0 Å². The molecule has 0 aromatic carbocycles. The van der Waals surface area contributed by atoms with Gasteiger partial charge in [0.15, 0.2) is 0 Å². The third-order valence-corrected chi connectivity index (χ3v) is 5.08. The molecule has 0 aromatic rings. The van der Waals surface area contributed by atoms with Crippen LogP contribution < -0.4 is 5.32 Å². The van der Waals surface area contributed by atoms with Crippen molar-refractivity contribution in [2.45, 2.75) is 50.6 Å². The highest BCUT2D eigenvalue weighted by molar-refractivity contribution is 7.88. The normalized spacial score (nSPS) is 28.8. The first kappa shape index (κ1) is 12.3. The van der Waals surface area contributed by atoms with Gasteiger partial charge in [0.2, 0.25) is 10.0 Å². The third-order valence-electron chi connectivity index (χ3n) is 3.72. The summed E-state index contributed by atoms with van der Waals surface area (Å²) in [5, 5.41) is 3.34. The highest BCUT2D eigenvalue weighted by atomic mass is 32.2. The smallest absolute Gasteiger partial charge is 0.211 e. The van der Waals surface area contributed by atoms with E-state index < -0.39 is 10.0 Å². The quantitative estimate of drug-likeness (QED) is 0.806. The number of hydrogen-bond donors (Lipinski definition) is 1. The highest BCUT2D eigenvalue weighted by Crippen LogP contribution is 2.31. The van der Waals surface area contributed by atoms with Crippen LogP contribution in [-0.2, 0) is 10.0 Å². The van der Waals surface area contributed by atoms with Gasteiger partial charge in [-0.15, -0.1) is 0 Å². The predicted octanol–water partition coefficient (Wildman–Crippen LogP) is 0.943. The van der Waals surface area contributed by atoms with Gasteiger partial charge in [-0.3, -0.25) is 0 Å². The van der Waals surface area contributed by atoms with Gasteiger partial charge in [0.1, 0.15) is 0 Å². The molecular formula is C11H22N2O2S. The van der Waals surface area contributed by atoms with Crippen LogP contribution in [-0.4, -0.2) is 44.2 Å². The summed E-state index contributed by atoms with van der Waals surface area (Å²) in [5.74, 6) is 0. The first-order valence-electron chi connectivity index (χ1n) is 6.28. The molecule has 0 aromatic heterocycles. The zero-order valence-electron chi connectivity index (χ0n) is 9.98. The average molecular weight is 246 g/mol. The van der Waals surface area contributed by atoms with Crippen molar-refractivity contribution < 1.29 is 8.42 Å². The lowest BCUT2D eigenvalue weighted by molar-refractivity contribution is 0.164. The van der Waals surface area contributed by atoms with Crippen molar-refractivity contribution in [3.8, 4) is 0 Å². The molecule has 0 bridgehead atoms. The van der Waals surface area contributed by atoms with E-state index in [1.54, 1.807) is 0 Å². The van der Waals surface area contributed by atoms with Crippen molar-refractivity contribution in [2.75, 3.05) is 19.3 Å². The molecule has 2 rings (SSSR count). The van der Waals surface area contributed by atoms with E-state index in [0.717, 1.165) is 45.2 Å². The van der Waals surface area contributed by atoms with E-state index in [0.29, 0.717) is 0 Å². The minimum Gasteiger partial charge on any atom is -0.317 e. The maximum Gasteiger partial charge on any atom is 0.211 e. The lowest BCUT2D eigenvalue weighted by Crippen LogP contribution is -2.49. The SMILES string of the molecule is CS(=O)(=O)N(C1CCC1)C1CCCNCC1. The fourth-order valence-corrected chi connectivity index (χ4v) is 4.24. The van der Waals surface area contributed by atoms with E-state index in [1.807, 2.05) is 4.31 Å². The lowest BCUT2D eigenvalue weighted by Gasteiger charge is -2.40. The molecule has 2 aliphatic rings. The molecule has 1 unspecified atom stereocenters. The van der Waals surface area contributed by atoms with Crippen LogP contribution in [0.5, 0.6) is 0 Å². The Balaban J connectivity index is 2.10. The fourth-order valence-electron chi connectivity index (χ4n) is 2.74. The number of nitrogens with zero attached hydrogens (tertiary/aromatic N) is 1. The summed E-state index contributed by atoms with van der Waals surface area (Å²) >= 11 is 0. The molecule has 5 heteroatoms. The Hall–Kier alpha value is -0.130. The molecular weight excluding hydrogens is 224 g/mol. The van der Waals surface area contributed by atoms with Crippen LogP contribution in [0.25, 0.3) is 0 Å². The average Bonchev–Trinajstić information content (AvgIpc) is 2.36. The fraction of sp³-hybridized carbons (Fsp3) is 1.00. The highest BCUT2D eigenvalue weighted by Gasteiger charge is 2.36. The summed E-state index contributed by atoms with van der Waals surface area (Å²) in [6, 6.07) is 0.522. The Morgan fingerprint density at radius 2 is 1.62 bits per heavy atom. The summed E-state index contributed by atoms with van der Waals surface area (Å²) in [6.45, 7) is 1.97. The van der Waals surface area contributed by atoms with Gasteiger partial charge >= 0.3 is 0 Å². The first-order valence-corrected chi connectivity index (χ1v) is 8.13. The molecule has 0 amide bonds. The monoisotopic (exact) mass is 246 g/mol. The van der Waals surface area contributed by atoms with E-state index in [2.05, 4.69) is 5.32 Å². The van der Waals surface area contributed by atoms with Crippen molar-refractivity contribution in [3.63, 3.8) is 0 Å². The molecule has 94 valence electrons. The Morgan fingerprint density at radius 1 is 1.00 bits per heavy atom. The van der Waals surface area contributed by atoms with Gasteiger partial charge in [-0.2, -0.15) is 4.31 Å². The molecule has 2 fully saturated rings. The number of hydrogen-bond acceptors (Lipinski definition) is 3. The molecule has 1 aliphatic heterocycles. The van der Waals surface area contributed by atoms with Crippen LogP contribution in [0.15, 0.2) is 0 Å². The van der Waals surface area contributed by atoms with Gasteiger partial charge < -0.3 is 5.32 Å². The summed E-state index contributed by atoms with van der Waals surface area (Å²) in [6.07, 6.45) is 7.71. The predicted molar refractivity (Wildman–Crippen MR) is 64.8 cm³/mol. The van der Waals surface area contributed by atoms with E-state index in [9.17, 15) is 8.42 Å². The Morgan fingerprint density at radius 3 is 2.19 bits per heavy atom. The first-order chi connectivity index (χ1) is 7.59. The van der Waals surface area contributed by atoms with Gasteiger partial charge in [0, 0.05) is 12.1 Å². The standard InChI is InChI=1S/C11H22N2O2S/c1-16(14,15)13(10-4-2-5-10)11-6-3-8-12-9-7-11/h10-12H,2-9H2,1H3. The molecule has 1 saturated heterocycles. The zero-order chi connectivity index (χ0) is 11.6. The molecule has 0 radical (unpaired) electrons. The van der Waals surface area contributed by atoms with Crippen LogP contribution in [0.3, 0.4) is 0 Å². The van der Waals surface area contributed by atoms with Crippen LogP contribution in [0.1, 0.15) is 38.5 Å². The molecule has 16 heavy (non-hydrogen) atoms. The van der Waals surface area contributed by atoms with Crippen LogP contribution in [0.2, 0.25) is 0 Å². The second-order valence-electron chi connectivity index (χ2n) is 5.01. The summed E-state index contributed by atoms with van der Waals surface area (Å²) < 4.78 is 25.6. The topological polar surface area (TPSA) is 49.4 Å². The van der Waals surface area contributed by atoms with Gasteiger partial charge in [-0.1, -0.05) is 6.42 Å². The largest absolute Gasteiger partial charge is 0.317 e. The van der Waals surface area contributed by atoms with Crippen LogP contribution in [0.4, 0.5) is 0 Å². The molecule has 1 atom stereocenters. The number of sulfonamides is 1. The molecule has 0 spiro atoms. The van der Waals surface area contributed by atoms with Crippen molar-refractivity contribution in [1.82, 2.24) is 9.62 Å². The zero-order valence-corrected chi connectivity index (χ0v) is 10.8. The van der Waals surface area contributed by atoms with Crippen LogP contribution in [0, 0.1) is 0 Å². The summed E-state index contributed by atoms with van der Waals surface area (Å²) in [4.78, 5) is 0. The van der Waals surface area contributed by atoms with E-state index in [4.69, 9.17) is 0 Å². The molecule has 1 heterocycles. The second-order valence-corrected chi connectivity index (χ2v) is 6.90. The van der Waals surface area contributed by atoms with Crippen molar-refractivity contribution in [2.24, 2.45) is 0 Å². The summed E-state index contributed by atoms with van der Waals surface area (Å²) in [7, 11) is -3.04. The second kappa shape index (κ2) is 5.02. The van der Waals surface area contributed by atoms with E-state index in [-0.39, 0.29) is 12.1 Å². The third kappa shape index (κ3) is 2.76. The molecule has 4 nitrogen and oxygen atoms in total. The van der Waals surface area contributed by atoms with Gasteiger partial charge in [-0.25, -0.2) is 8.42 Å². The van der Waals surface area contributed by atoms with Gasteiger partial charge in [0.05, 0.1) is 6.26 Å². The Bertz CT molecular complexity index is 317. The van der Waals surface area contributed by atoms with E-state index in [1.165, 1.54) is 12.7 Å². The molecule has 1 aliphatic carbocycles. The van der Waals surface area contributed by atoms with Gasteiger partial charge in [0.25, 0.3) is 0 Å². The number of rotatable bonds is 3. The van der Waals surface area contributed by atoms with Crippen LogP contribution >= 0.6 is 0 Å². The lowest BCUT2D eigenvalue weighted by atomic mass is 9.91. The Labute approximate surface area is 98.4 Å². The maximum atomic E-state index is 11.9. The minimum atomic E-state index is -3.04.